The number of nitrogen functional groups attached to an aromatic ring is 1. The van der Waals surface area contributed by atoms with Gasteiger partial charge in [0.2, 0.25) is 0 Å². The Morgan fingerprint density at radius 3 is 2.54 bits per heavy atom. The van der Waals surface area contributed by atoms with Gasteiger partial charge < -0.3 is 20.9 Å². The van der Waals surface area contributed by atoms with E-state index in [-0.39, 0.29) is 13.0 Å². The van der Waals surface area contributed by atoms with Crippen LogP contribution in [-0.4, -0.2) is 22.7 Å². The fraction of sp³-hybridized carbons (Fsp3) is 0.300. The van der Waals surface area contributed by atoms with Gasteiger partial charge in [-0.3, -0.25) is 4.79 Å². The van der Waals surface area contributed by atoms with E-state index in [1.807, 2.05) is 43.3 Å². The van der Waals surface area contributed by atoms with Crippen LogP contribution in [0.2, 0.25) is 0 Å². The van der Waals surface area contributed by atoms with Crippen molar-refractivity contribution in [3.63, 3.8) is 0 Å². The predicted molar refractivity (Wildman–Crippen MR) is 99.7 cm³/mol. The maximum Gasteiger partial charge on any atom is 0.407 e. The standard InChI is InChI=1S/C20H24N2O4/c1-14-8-9-17(21)10-16(14)11-20(2,12-18(23)24)22-19(25)26-13-15-6-4-3-5-7-15/h3-10H,11-13,21H2,1-2H3,(H,22,25)(H,23,24)/t20-/m0/s1. The van der Waals surface area contributed by atoms with E-state index < -0.39 is 17.6 Å². The topological polar surface area (TPSA) is 102 Å². The predicted octanol–water partition coefficient (Wildman–Crippen LogP) is 3.28. The summed E-state index contributed by atoms with van der Waals surface area (Å²) in [5.74, 6) is -1.00. The summed E-state index contributed by atoms with van der Waals surface area (Å²) in [4.78, 5) is 23.5. The van der Waals surface area contributed by atoms with E-state index in [4.69, 9.17) is 10.5 Å². The lowest BCUT2D eigenvalue weighted by Crippen LogP contribution is -2.49. The third-order valence-electron chi connectivity index (χ3n) is 4.11. The highest BCUT2D eigenvalue weighted by atomic mass is 16.5. The molecule has 6 nitrogen and oxygen atoms in total. The molecule has 1 amide bonds. The van der Waals surface area contributed by atoms with Crippen LogP contribution < -0.4 is 11.1 Å². The Balaban J connectivity index is 2.08. The molecule has 2 aromatic rings. The largest absolute Gasteiger partial charge is 0.481 e. The van der Waals surface area contributed by atoms with Crippen molar-refractivity contribution in [1.29, 1.82) is 0 Å². The number of hydrogen-bond acceptors (Lipinski definition) is 4. The van der Waals surface area contributed by atoms with Gasteiger partial charge >= 0.3 is 12.1 Å². The molecule has 0 aliphatic rings. The molecule has 2 aromatic carbocycles. The van der Waals surface area contributed by atoms with Crippen LogP contribution in [0.4, 0.5) is 10.5 Å². The van der Waals surface area contributed by atoms with Gasteiger partial charge in [-0.15, -0.1) is 0 Å². The molecular formula is C20H24N2O4. The minimum atomic E-state index is -1.00. The molecular weight excluding hydrogens is 332 g/mol. The molecule has 1 atom stereocenters. The zero-order chi connectivity index (χ0) is 19.2. The highest BCUT2D eigenvalue weighted by Crippen LogP contribution is 2.22. The van der Waals surface area contributed by atoms with Crippen LogP contribution in [-0.2, 0) is 22.6 Å². The van der Waals surface area contributed by atoms with Gasteiger partial charge in [0, 0.05) is 5.69 Å². The fourth-order valence-corrected chi connectivity index (χ4v) is 2.79. The van der Waals surface area contributed by atoms with Crippen LogP contribution in [0.3, 0.4) is 0 Å². The summed E-state index contributed by atoms with van der Waals surface area (Å²) >= 11 is 0. The second kappa shape index (κ2) is 8.38. The highest BCUT2D eigenvalue weighted by Gasteiger charge is 2.31. The van der Waals surface area contributed by atoms with E-state index in [9.17, 15) is 14.7 Å². The molecule has 0 aliphatic heterocycles. The summed E-state index contributed by atoms with van der Waals surface area (Å²) < 4.78 is 5.23. The van der Waals surface area contributed by atoms with Crippen molar-refractivity contribution in [3.8, 4) is 0 Å². The summed E-state index contributed by atoms with van der Waals surface area (Å²) in [6, 6.07) is 14.7. The molecule has 2 rings (SSSR count). The number of carbonyl (C=O) groups is 2. The van der Waals surface area contributed by atoms with Crippen molar-refractivity contribution in [3.05, 3.63) is 65.2 Å². The molecule has 6 heteroatoms. The smallest absolute Gasteiger partial charge is 0.407 e. The quantitative estimate of drug-likeness (QED) is 0.661. The molecule has 0 radical (unpaired) electrons. The number of carbonyl (C=O) groups excluding carboxylic acids is 1. The number of rotatable bonds is 7. The van der Waals surface area contributed by atoms with Crippen LogP contribution in [0.1, 0.15) is 30.0 Å². The molecule has 138 valence electrons. The third kappa shape index (κ3) is 5.81. The monoisotopic (exact) mass is 356 g/mol. The number of nitrogens with two attached hydrogens (primary N) is 1. The second-order valence-electron chi connectivity index (χ2n) is 6.68. The number of alkyl carbamates (subject to hydrolysis) is 1. The molecule has 0 saturated heterocycles. The van der Waals surface area contributed by atoms with Crippen molar-refractivity contribution in [2.75, 3.05) is 5.73 Å². The zero-order valence-electron chi connectivity index (χ0n) is 15.0. The Hall–Kier alpha value is -3.02. The van der Waals surface area contributed by atoms with Crippen molar-refractivity contribution in [2.45, 2.75) is 38.8 Å². The summed E-state index contributed by atoms with van der Waals surface area (Å²) in [7, 11) is 0. The normalized spacial score (nSPS) is 12.8. The first-order chi connectivity index (χ1) is 12.3. The van der Waals surface area contributed by atoms with Crippen LogP contribution in [0.5, 0.6) is 0 Å². The van der Waals surface area contributed by atoms with E-state index in [2.05, 4.69) is 5.32 Å². The Bertz CT molecular complexity index is 777. The molecule has 0 aliphatic carbocycles. The van der Waals surface area contributed by atoms with E-state index in [0.717, 1.165) is 16.7 Å². The summed E-state index contributed by atoms with van der Waals surface area (Å²) in [6.07, 6.45) is -0.558. The molecule has 0 fully saturated rings. The molecule has 0 bridgehead atoms. The first-order valence-electron chi connectivity index (χ1n) is 8.33. The average Bonchev–Trinajstić information content (AvgIpc) is 2.56. The third-order valence-corrected chi connectivity index (χ3v) is 4.11. The minimum Gasteiger partial charge on any atom is -0.481 e. The molecule has 4 N–H and O–H groups in total. The van der Waals surface area contributed by atoms with E-state index >= 15 is 0 Å². The van der Waals surface area contributed by atoms with Crippen LogP contribution >= 0.6 is 0 Å². The molecule has 0 heterocycles. The molecule has 0 saturated carbocycles. The Morgan fingerprint density at radius 2 is 1.88 bits per heavy atom. The minimum absolute atomic E-state index is 0.118. The summed E-state index contributed by atoms with van der Waals surface area (Å²) in [6.45, 7) is 3.73. The maximum absolute atomic E-state index is 12.2. The first kappa shape index (κ1) is 19.3. The van der Waals surface area contributed by atoms with Crippen LogP contribution in [0.25, 0.3) is 0 Å². The fourth-order valence-electron chi connectivity index (χ4n) is 2.79. The van der Waals surface area contributed by atoms with E-state index in [1.54, 1.807) is 19.1 Å². The van der Waals surface area contributed by atoms with Gasteiger partial charge in [0.15, 0.2) is 0 Å². The number of ether oxygens (including phenoxy) is 1. The Kier molecular flexibility index (Phi) is 6.22. The van der Waals surface area contributed by atoms with Crippen LogP contribution in [0, 0.1) is 6.92 Å². The van der Waals surface area contributed by atoms with Gasteiger partial charge in [-0.25, -0.2) is 4.79 Å². The number of anilines is 1. The number of hydrogen-bond donors (Lipinski definition) is 3. The average molecular weight is 356 g/mol. The molecule has 0 aromatic heterocycles. The number of aryl methyl sites for hydroxylation is 1. The van der Waals surface area contributed by atoms with Crippen molar-refractivity contribution in [2.24, 2.45) is 0 Å². The summed E-state index contributed by atoms with van der Waals surface area (Å²) in [5, 5.41) is 12.0. The van der Waals surface area contributed by atoms with Gasteiger partial charge in [0.1, 0.15) is 6.61 Å². The van der Waals surface area contributed by atoms with Crippen molar-refractivity contribution in [1.82, 2.24) is 5.32 Å². The lowest BCUT2D eigenvalue weighted by atomic mass is 9.87. The van der Waals surface area contributed by atoms with Crippen molar-refractivity contribution >= 4 is 17.7 Å². The van der Waals surface area contributed by atoms with Gasteiger partial charge in [-0.2, -0.15) is 0 Å². The molecule has 0 unspecified atom stereocenters. The Morgan fingerprint density at radius 1 is 1.19 bits per heavy atom. The summed E-state index contributed by atoms with van der Waals surface area (Å²) in [5.41, 5.74) is 8.15. The lowest BCUT2D eigenvalue weighted by molar-refractivity contribution is -0.138. The van der Waals surface area contributed by atoms with E-state index in [1.165, 1.54) is 0 Å². The first-order valence-corrected chi connectivity index (χ1v) is 8.33. The Labute approximate surface area is 153 Å². The van der Waals surface area contributed by atoms with Gasteiger partial charge in [0.05, 0.1) is 12.0 Å². The number of benzene rings is 2. The number of carboxylic acid groups (broad SMARTS) is 1. The lowest BCUT2D eigenvalue weighted by Gasteiger charge is -2.29. The number of carboxylic acids is 1. The number of amides is 1. The SMILES string of the molecule is Cc1ccc(N)cc1C[C@@](C)(CC(=O)O)NC(=O)OCc1ccccc1. The van der Waals surface area contributed by atoms with E-state index in [0.29, 0.717) is 12.1 Å². The number of nitrogens with one attached hydrogen (secondary N) is 1. The molecule has 26 heavy (non-hydrogen) atoms. The second-order valence-corrected chi connectivity index (χ2v) is 6.68. The maximum atomic E-state index is 12.2. The number of aliphatic carboxylic acids is 1. The highest BCUT2D eigenvalue weighted by molar-refractivity contribution is 5.72. The van der Waals surface area contributed by atoms with Gasteiger partial charge in [0.25, 0.3) is 0 Å². The van der Waals surface area contributed by atoms with Crippen LogP contribution in [0.15, 0.2) is 48.5 Å². The van der Waals surface area contributed by atoms with Crippen molar-refractivity contribution < 1.29 is 19.4 Å². The van der Waals surface area contributed by atoms with Gasteiger partial charge in [-0.05, 0) is 49.1 Å². The van der Waals surface area contributed by atoms with Gasteiger partial charge in [-0.1, -0.05) is 36.4 Å². The zero-order valence-corrected chi connectivity index (χ0v) is 15.0. The molecule has 0 spiro atoms.